The molecule has 0 radical (unpaired) electrons. The van der Waals surface area contributed by atoms with Crippen molar-refractivity contribution in [3.05, 3.63) is 54.0 Å². The van der Waals surface area contributed by atoms with Gasteiger partial charge in [0, 0.05) is 25.1 Å². The number of aromatic nitrogens is 2. The Labute approximate surface area is 111 Å². The predicted octanol–water partition coefficient (Wildman–Crippen LogP) is 0.735. The molecule has 0 fully saturated rings. The summed E-state index contributed by atoms with van der Waals surface area (Å²) in [4.78, 5) is 19.9. The molecule has 6 nitrogen and oxygen atoms in total. The topological polar surface area (TPSA) is 92.9 Å². The second kappa shape index (κ2) is 6.46. The fraction of sp³-hybridized carbons (Fsp3) is 0.154. The lowest BCUT2D eigenvalue weighted by Crippen LogP contribution is -2.27. The molecule has 2 rings (SSSR count). The first-order valence-corrected chi connectivity index (χ1v) is 5.90. The minimum absolute atomic E-state index is 0.199. The Morgan fingerprint density at radius 3 is 2.74 bits per heavy atom. The summed E-state index contributed by atoms with van der Waals surface area (Å²) in [6.45, 7) is 0.543. The monoisotopic (exact) mass is 257 g/mol. The number of carbonyl (C=O) groups excluding carboxylic acids is 1. The minimum atomic E-state index is -0.199. The van der Waals surface area contributed by atoms with Crippen LogP contribution < -0.4 is 16.6 Å². The first-order valence-electron chi connectivity index (χ1n) is 5.90. The van der Waals surface area contributed by atoms with Gasteiger partial charge in [0.05, 0.1) is 5.56 Å². The standard InChI is InChI=1S/C13H15N5O/c14-18-12-11(2-1-6-16-12)13(19)17-9-5-10-3-7-15-8-4-10/h1-4,6-8H,5,9,14H2,(H,16,18)(H,17,19). The fourth-order valence-corrected chi connectivity index (χ4v) is 1.67. The third-order valence-corrected chi connectivity index (χ3v) is 2.64. The van der Waals surface area contributed by atoms with Crippen molar-refractivity contribution in [3.63, 3.8) is 0 Å². The van der Waals surface area contributed by atoms with Gasteiger partial charge >= 0.3 is 0 Å². The number of amides is 1. The van der Waals surface area contributed by atoms with Crippen molar-refractivity contribution >= 4 is 11.7 Å². The fourth-order valence-electron chi connectivity index (χ4n) is 1.67. The van der Waals surface area contributed by atoms with E-state index in [0.717, 1.165) is 12.0 Å². The normalized spacial score (nSPS) is 9.95. The number of nitrogens with two attached hydrogens (primary N) is 1. The van der Waals surface area contributed by atoms with Gasteiger partial charge in [-0.15, -0.1) is 0 Å². The number of hydrogen-bond donors (Lipinski definition) is 3. The van der Waals surface area contributed by atoms with E-state index >= 15 is 0 Å². The Bertz CT molecular complexity index is 544. The van der Waals surface area contributed by atoms with E-state index in [2.05, 4.69) is 20.7 Å². The van der Waals surface area contributed by atoms with Crippen LogP contribution in [0, 0.1) is 0 Å². The summed E-state index contributed by atoms with van der Waals surface area (Å²) >= 11 is 0. The molecule has 0 saturated heterocycles. The summed E-state index contributed by atoms with van der Waals surface area (Å²) in [5.41, 5.74) is 3.96. The number of nitrogen functional groups attached to an aromatic ring is 1. The molecule has 19 heavy (non-hydrogen) atoms. The summed E-state index contributed by atoms with van der Waals surface area (Å²) in [6.07, 6.45) is 5.78. The van der Waals surface area contributed by atoms with Gasteiger partial charge in [0.1, 0.15) is 0 Å². The lowest BCUT2D eigenvalue weighted by Gasteiger charge is -2.08. The van der Waals surface area contributed by atoms with Crippen LogP contribution in [0.5, 0.6) is 0 Å². The third-order valence-electron chi connectivity index (χ3n) is 2.64. The first-order chi connectivity index (χ1) is 9.31. The molecule has 2 aromatic heterocycles. The van der Waals surface area contributed by atoms with Gasteiger partial charge in [0.2, 0.25) is 0 Å². The van der Waals surface area contributed by atoms with E-state index in [1.807, 2.05) is 12.1 Å². The van der Waals surface area contributed by atoms with E-state index in [4.69, 9.17) is 5.84 Å². The lowest BCUT2D eigenvalue weighted by molar-refractivity contribution is 0.0954. The molecule has 0 unspecified atom stereocenters. The molecule has 2 aromatic rings. The van der Waals surface area contributed by atoms with Crippen LogP contribution in [-0.4, -0.2) is 22.4 Å². The molecule has 0 spiro atoms. The SMILES string of the molecule is NNc1ncccc1C(=O)NCCc1ccncc1. The molecule has 2 heterocycles. The van der Waals surface area contributed by atoms with E-state index in [-0.39, 0.29) is 5.91 Å². The maximum atomic E-state index is 12.0. The van der Waals surface area contributed by atoms with Gasteiger partial charge in [-0.3, -0.25) is 9.78 Å². The number of hydrogen-bond acceptors (Lipinski definition) is 5. The highest BCUT2D eigenvalue weighted by molar-refractivity contribution is 5.98. The minimum Gasteiger partial charge on any atom is -0.352 e. The van der Waals surface area contributed by atoms with Gasteiger partial charge in [-0.05, 0) is 36.2 Å². The van der Waals surface area contributed by atoms with Crippen LogP contribution in [0.15, 0.2) is 42.9 Å². The Balaban J connectivity index is 1.91. The molecule has 0 saturated carbocycles. The second-order valence-corrected chi connectivity index (χ2v) is 3.91. The molecule has 0 atom stereocenters. The summed E-state index contributed by atoms with van der Waals surface area (Å²) in [5.74, 6) is 5.47. The summed E-state index contributed by atoms with van der Waals surface area (Å²) in [7, 11) is 0. The largest absolute Gasteiger partial charge is 0.352 e. The Morgan fingerprint density at radius 2 is 2.00 bits per heavy atom. The summed E-state index contributed by atoms with van der Waals surface area (Å²) < 4.78 is 0. The smallest absolute Gasteiger partial charge is 0.255 e. The van der Waals surface area contributed by atoms with Crippen molar-refractivity contribution in [1.82, 2.24) is 15.3 Å². The van der Waals surface area contributed by atoms with Crippen molar-refractivity contribution in [2.24, 2.45) is 5.84 Å². The van der Waals surface area contributed by atoms with Crippen molar-refractivity contribution in [1.29, 1.82) is 0 Å². The molecule has 0 bridgehead atoms. The zero-order chi connectivity index (χ0) is 13.5. The lowest BCUT2D eigenvalue weighted by atomic mass is 10.2. The number of anilines is 1. The van der Waals surface area contributed by atoms with Crippen LogP contribution in [-0.2, 0) is 6.42 Å². The molecule has 98 valence electrons. The van der Waals surface area contributed by atoms with Gasteiger partial charge in [-0.2, -0.15) is 0 Å². The van der Waals surface area contributed by atoms with Crippen molar-refractivity contribution in [2.75, 3.05) is 12.0 Å². The van der Waals surface area contributed by atoms with Crippen LogP contribution >= 0.6 is 0 Å². The van der Waals surface area contributed by atoms with Crippen molar-refractivity contribution < 1.29 is 4.79 Å². The molecule has 6 heteroatoms. The van der Waals surface area contributed by atoms with E-state index < -0.39 is 0 Å². The van der Waals surface area contributed by atoms with Gasteiger partial charge in [-0.25, -0.2) is 10.8 Å². The number of nitrogens with zero attached hydrogens (tertiary/aromatic N) is 2. The summed E-state index contributed by atoms with van der Waals surface area (Å²) in [6, 6.07) is 7.20. The predicted molar refractivity (Wildman–Crippen MR) is 72.3 cm³/mol. The molecular formula is C13H15N5O. The zero-order valence-corrected chi connectivity index (χ0v) is 10.3. The van der Waals surface area contributed by atoms with Crippen LogP contribution in [0.3, 0.4) is 0 Å². The number of nitrogens with one attached hydrogen (secondary N) is 2. The molecule has 0 aliphatic heterocycles. The number of carbonyl (C=O) groups is 1. The quantitative estimate of drug-likeness (QED) is 0.542. The first kappa shape index (κ1) is 13.0. The zero-order valence-electron chi connectivity index (χ0n) is 10.3. The second-order valence-electron chi connectivity index (χ2n) is 3.91. The van der Waals surface area contributed by atoms with Crippen LogP contribution in [0.1, 0.15) is 15.9 Å². The molecule has 0 aromatic carbocycles. The molecule has 4 N–H and O–H groups in total. The molecular weight excluding hydrogens is 242 g/mol. The van der Waals surface area contributed by atoms with Crippen molar-refractivity contribution in [3.8, 4) is 0 Å². The van der Waals surface area contributed by atoms with Crippen LogP contribution in [0.25, 0.3) is 0 Å². The maximum Gasteiger partial charge on any atom is 0.255 e. The average molecular weight is 257 g/mol. The van der Waals surface area contributed by atoms with Gasteiger partial charge in [-0.1, -0.05) is 0 Å². The van der Waals surface area contributed by atoms with Crippen molar-refractivity contribution in [2.45, 2.75) is 6.42 Å². The molecule has 1 amide bonds. The van der Waals surface area contributed by atoms with E-state index in [0.29, 0.717) is 17.9 Å². The maximum absolute atomic E-state index is 12.0. The summed E-state index contributed by atoms with van der Waals surface area (Å²) in [5, 5.41) is 2.83. The average Bonchev–Trinajstić information content (AvgIpc) is 2.48. The number of hydrazine groups is 1. The Kier molecular flexibility index (Phi) is 4.41. The molecule has 0 aliphatic rings. The van der Waals surface area contributed by atoms with E-state index in [1.54, 1.807) is 30.7 Å². The number of rotatable bonds is 5. The van der Waals surface area contributed by atoms with Gasteiger partial charge in [0.15, 0.2) is 5.82 Å². The van der Waals surface area contributed by atoms with E-state index in [1.165, 1.54) is 0 Å². The van der Waals surface area contributed by atoms with Crippen LogP contribution in [0.2, 0.25) is 0 Å². The van der Waals surface area contributed by atoms with Gasteiger partial charge < -0.3 is 10.7 Å². The third kappa shape index (κ3) is 3.49. The highest BCUT2D eigenvalue weighted by Gasteiger charge is 2.10. The molecule has 0 aliphatic carbocycles. The van der Waals surface area contributed by atoms with Crippen LogP contribution in [0.4, 0.5) is 5.82 Å². The Morgan fingerprint density at radius 1 is 1.21 bits per heavy atom. The Hall–Kier alpha value is -2.47. The highest BCUT2D eigenvalue weighted by atomic mass is 16.1. The number of pyridine rings is 2. The van der Waals surface area contributed by atoms with E-state index in [9.17, 15) is 4.79 Å². The highest BCUT2D eigenvalue weighted by Crippen LogP contribution is 2.09. The van der Waals surface area contributed by atoms with Gasteiger partial charge in [0.25, 0.3) is 5.91 Å².